The largest absolute Gasteiger partial charge is 0.455 e. The minimum atomic E-state index is -0.810. The summed E-state index contributed by atoms with van der Waals surface area (Å²) in [5.41, 5.74) is 6.63. The molecule has 2 aromatic heterocycles. The van der Waals surface area contributed by atoms with E-state index in [0.29, 0.717) is 11.9 Å². The van der Waals surface area contributed by atoms with Crippen LogP contribution in [0.2, 0.25) is 0 Å². The van der Waals surface area contributed by atoms with Gasteiger partial charge in [0.25, 0.3) is 0 Å². The van der Waals surface area contributed by atoms with Crippen LogP contribution in [0.3, 0.4) is 0 Å². The molecule has 0 aliphatic heterocycles. The molecule has 134 valence electrons. The molecule has 0 aliphatic rings. The van der Waals surface area contributed by atoms with E-state index in [2.05, 4.69) is 10.9 Å². The minimum Gasteiger partial charge on any atom is -0.455 e. The molecule has 2 heterocycles. The minimum absolute atomic E-state index is 0.344. The Hall–Kier alpha value is -3.12. The number of aryl methyl sites for hydroxylation is 2. The molecule has 2 aromatic carbocycles. The number of nitrogens with zero attached hydrogens (tertiary/aromatic N) is 2. The van der Waals surface area contributed by atoms with E-state index < -0.39 is 5.89 Å². The molecule has 0 atom stereocenters. The van der Waals surface area contributed by atoms with E-state index in [1.165, 1.54) is 0 Å². The van der Waals surface area contributed by atoms with Crippen molar-refractivity contribution in [1.29, 1.82) is 0 Å². The first-order valence-corrected chi connectivity index (χ1v) is 8.98. The van der Waals surface area contributed by atoms with Crippen molar-refractivity contribution in [2.45, 2.75) is 33.6 Å². The van der Waals surface area contributed by atoms with Crippen LogP contribution >= 0.6 is 0 Å². The van der Waals surface area contributed by atoms with E-state index in [0.717, 1.165) is 49.9 Å². The van der Waals surface area contributed by atoms with Gasteiger partial charge in [-0.25, -0.2) is 9.41 Å². The first-order chi connectivity index (χ1) is 13.6. The summed E-state index contributed by atoms with van der Waals surface area (Å²) in [4.78, 5) is 3.63. The Bertz CT molecular complexity index is 1340. The van der Waals surface area contributed by atoms with E-state index >= 15 is 0 Å². The molecule has 27 heavy (non-hydrogen) atoms. The smallest absolute Gasteiger partial charge is 0.216 e. The van der Waals surface area contributed by atoms with Gasteiger partial charge in [-0.1, -0.05) is 32.0 Å². The fourth-order valence-corrected chi connectivity index (χ4v) is 3.68. The molecule has 3 heteroatoms. The lowest BCUT2D eigenvalue weighted by Gasteiger charge is -2.09. The van der Waals surface area contributed by atoms with E-state index in [1.807, 2.05) is 57.5 Å². The zero-order chi connectivity index (χ0) is 21.1. The van der Waals surface area contributed by atoms with Crippen LogP contribution in [0.5, 0.6) is 0 Å². The Morgan fingerprint density at radius 3 is 2.67 bits per heavy atom. The summed E-state index contributed by atoms with van der Waals surface area (Å²) in [6, 6.07) is 11.5. The van der Waals surface area contributed by atoms with Gasteiger partial charge >= 0.3 is 0 Å². The first kappa shape index (κ1) is 15.0. The molecular formula is C24H23N2O+. The van der Waals surface area contributed by atoms with Crippen LogP contribution in [0, 0.1) is 20.4 Å². The van der Waals surface area contributed by atoms with Gasteiger partial charge in [0.2, 0.25) is 5.69 Å². The molecular weight excluding hydrogens is 332 g/mol. The molecule has 0 spiro atoms. The molecule has 0 unspecified atom stereocenters. The standard InChI is InChI=1S/C24H23N2O/c1-14(2)17-11-12-26(6)20(13-17)22-15(3)7-8-18-23-16(4)19(25-5)9-10-21(23)27-24(18)22/h7-14H,1-4,6H3/q+1/i12D,14D. The lowest BCUT2D eigenvalue weighted by molar-refractivity contribution is -0.660. The molecule has 0 fully saturated rings. The van der Waals surface area contributed by atoms with Crippen molar-refractivity contribution in [3.8, 4) is 11.3 Å². The molecule has 0 bridgehead atoms. The zero-order valence-corrected chi connectivity index (χ0v) is 16.3. The molecule has 4 aromatic rings. The first-order valence-electron chi connectivity index (χ1n) is 9.98. The van der Waals surface area contributed by atoms with E-state index in [4.69, 9.17) is 13.7 Å². The second-order valence-corrected chi connectivity index (χ2v) is 7.25. The SMILES string of the molecule is [2H]c1cc(C([2H])(C)C)cc(-c2c(C)ccc3c2oc2ccc([N+]#[C-])c(C)c23)[n+]1C. The average Bonchev–Trinajstić information content (AvgIpc) is 3.03. The Kier molecular flexibility index (Phi) is 3.47. The van der Waals surface area contributed by atoms with Crippen molar-refractivity contribution < 1.29 is 11.7 Å². The van der Waals surface area contributed by atoms with E-state index in [1.54, 1.807) is 12.1 Å². The second-order valence-electron chi connectivity index (χ2n) is 7.25. The average molecular weight is 357 g/mol. The van der Waals surface area contributed by atoms with Crippen molar-refractivity contribution in [2.24, 2.45) is 7.05 Å². The van der Waals surface area contributed by atoms with Crippen molar-refractivity contribution in [2.75, 3.05) is 0 Å². The Balaban J connectivity index is 2.14. The topological polar surface area (TPSA) is 21.4 Å². The van der Waals surface area contributed by atoms with E-state index in [9.17, 15) is 0 Å². The maximum Gasteiger partial charge on any atom is 0.216 e. The lowest BCUT2D eigenvalue weighted by Crippen LogP contribution is -2.31. The van der Waals surface area contributed by atoms with Crippen LogP contribution in [0.25, 0.3) is 38.0 Å². The highest BCUT2D eigenvalue weighted by molar-refractivity contribution is 6.12. The van der Waals surface area contributed by atoms with Crippen molar-refractivity contribution in [3.63, 3.8) is 0 Å². The van der Waals surface area contributed by atoms with Gasteiger partial charge in [0.05, 0.1) is 12.1 Å². The van der Waals surface area contributed by atoms with Crippen LogP contribution in [0.4, 0.5) is 5.69 Å². The molecule has 0 saturated carbocycles. The van der Waals surface area contributed by atoms with Crippen molar-refractivity contribution in [1.82, 2.24) is 0 Å². The van der Waals surface area contributed by atoms with Gasteiger partial charge < -0.3 is 4.42 Å². The highest BCUT2D eigenvalue weighted by atomic mass is 16.3. The van der Waals surface area contributed by atoms with Gasteiger partial charge in [-0.05, 0) is 42.5 Å². The molecule has 3 nitrogen and oxygen atoms in total. The molecule has 0 N–H and O–H groups in total. The summed E-state index contributed by atoms with van der Waals surface area (Å²) >= 11 is 0. The molecule has 4 rings (SSSR count). The molecule has 0 amide bonds. The van der Waals surface area contributed by atoms with Gasteiger partial charge in [-0.3, -0.25) is 0 Å². The maximum absolute atomic E-state index is 8.43. The predicted molar refractivity (Wildman–Crippen MR) is 110 cm³/mol. The molecule has 0 saturated heterocycles. The Morgan fingerprint density at radius 1 is 1.19 bits per heavy atom. The van der Waals surface area contributed by atoms with Crippen LogP contribution in [-0.4, -0.2) is 0 Å². The van der Waals surface area contributed by atoms with Gasteiger partial charge in [-0.2, -0.15) is 0 Å². The zero-order valence-electron chi connectivity index (χ0n) is 18.3. The number of hydrogen-bond donors (Lipinski definition) is 0. The Morgan fingerprint density at radius 2 is 1.96 bits per heavy atom. The van der Waals surface area contributed by atoms with Gasteiger partial charge in [0, 0.05) is 24.3 Å². The number of aromatic nitrogens is 1. The van der Waals surface area contributed by atoms with Crippen LogP contribution in [0.15, 0.2) is 47.0 Å². The quantitative estimate of drug-likeness (QED) is 0.302. The molecule has 0 aliphatic carbocycles. The van der Waals surface area contributed by atoms with E-state index in [-0.39, 0.29) is 0 Å². The normalized spacial score (nSPS) is 12.9. The monoisotopic (exact) mass is 357 g/mol. The third kappa shape index (κ3) is 2.61. The highest BCUT2D eigenvalue weighted by Crippen LogP contribution is 2.40. The van der Waals surface area contributed by atoms with Gasteiger partial charge in [0.15, 0.2) is 11.9 Å². The lowest BCUT2D eigenvalue weighted by atomic mass is 9.96. The number of pyridine rings is 1. The summed E-state index contributed by atoms with van der Waals surface area (Å²) < 4.78 is 25.0. The number of benzene rings is 2. The highest BCUT2D eigenvalue weighted by Gasteiger charge is 2.22. The summed E-state index contributed by atoms with van der Waals surface area (Å²) in [7, 11) is 1.86. The number of hydrogen-bond acceptors (Lipinski definition) is 1. The summed E-state index contributed by atoms with van der Waals surface area (Å²) in [6.07, 6.45) is 0.344. The van der Waals surface area contributed by atoms with Crippen LogP contribution < -0.4 is 4.57 Å². The number of rotatable bonds is 2. The molecule has 0 radical (unpaired) electrons. The van der Waals surface area contributed by atoms with Crippen LogP contribution in [-0.2, 0) is 7.05 Å². The number of furan rings is 1. The Labute approximate surface area is 162 Å². The predicted octanol–water partition coefficient (Wildman–Crippen LogP) is 6.37. The summed E-state index contributed by atoms with van der Waals surface area (Å²) in [5, 5.41) is 1.92. The van der Waals surface area contributed by atoms with Gasteiger partial charge in [-0.15, -0.1) is 0 Å². The van der Waals surface area contributed by atoms with Crippen molar-refractivity contribution >= 4 is 27.6 Å². The third-order valence-corrected chi connectivity index (χ3v) is 5.27. The van der Waals surface area contributed by atoms with Crippen LogP contribution in [0.1, 0.15) is 39.2 Å². The number of fused-ring (bicyclic) bond motifs is 3. The third-order valence-electron chi connectivity index (χ3n) is 5.27. The van der Waals surface area contributed by atoms with Gasteiger partial charge in [0.1, 0.15) is 19.6 Å². The fourth-order valence-electron chi connectivity index (χ4n) is 3.68. The fraction of sp³-hybridized carbons (Fsp3) is 0.250. The van der Waals surface area contributed by atoms with Crippen molar-refractivity contribution in [3.05, 3.63) is 70.7 Å². The second kappa shape index (κ2) is 6.25. The summed E-state index contributed by atoms with van der Waals surface area (Å²) in [5.74, 6) is -0.810. The summed E-state index contributed by atoms with van der Waals surface area (Å²) in [6.45, 7) is 15.1. The maximum atomic E-state index is 8.43.